The van der Waals surface area contributed by atoms with Crippen LogP contribution in [0.15, 0.2) is 188 Å². The number of hydrogen-bond donors (Lipinski definition) is 1. The fourth-order valence-corrected chi connectivity index (χ4v) is 8.86. The maximum atomic E-state index is 4.88. The fourth-order valence-electron chi connectivity index (χ4n) is 8.86. The van der Waals surface area contributed by atoms with Gasteiger partial charge in [0.15, 0.2) is 0 Å². The number of pyridine rings is 1. The highest BCUT2D eigenvalue weighted by Crippen LogP contribution is 2.45. The van der Waals surface area contributed by atoms with Gasteiger partial charge in [0.2, 0.25) is 0 Å². The third kappa shape index (κ3) is 5.09. The Kier molecular flexibility index (Phi) is 7.24. The molecule has 0 radical (unpaired) electrons. The van der Waals surface area contributed by atoms with E-state index in [9.17, 15) is 0 Å². The molecule has 1 aliphatic rings. The minimum atomic E-state index is 0.792. The van der Waals surface area contributed by atoms with Crippen LogP contribution in [0, 0.1) is 0 Å². The molecule has 1 N–H and O–H groups in total. The minimum absolute atomic E-state index is 0.792. The number of aromatic nitrogens is 2. The Balaban J connectivity index is 1.05. The van der Waals surface area contributed by atoms with E-state index in [0.29, 0.717) is 0 Å². The zero-order valence-electron chi connectivity index (χ0n) is 30.1. The summed E-state index contributed by atoms with van der Waals surface area (Å²) in [6.45, 7) is 0.792. The predicted molar refractivity (Wildman–Crippen MR) is 231 cm³/mol. The molecule has 0 fully saturated rings. The summed E-state index contributed by atoms with van der Waals surface area (Å²) in [6.07, 6.45) is 8.29. The maximum absolute atomic E-state index is 4.88. The number of para-hydroxylation sites is 1. The van der Waals surface area contributed by atoms with Gasteiger partial charge in [-0.2, -0.15) is 0 Å². The SMILES string of the molecule is C1=Cc2c(n(-c3ccccc3)c3ccc(-c4cccc(-c5cncc(-c6c7ccccc7c(-c7cccc8ccccc78)c7ccccc67)c5)c4)cc23)CN1. The number of nitrogens with one attached hydrogen (secondary N) is 1. The van der Waals surface area contributed by atoms with E-state index in [1.165, 1.54) is 88.0 Å². The highest BCUT2D eigenvalue weighted by Gasteiger charge is 2.20. The van der Waals surface area contributed by atoms with Crippen LogP contribution < -0.4 is 5.32 Å². The smallest absolute Gasteiger partial charge is 0.0558 e. The van der Waals surface area contributed by atoms with Gasteiger partial charge in [0.05, 0.1) is 17.8 Å². The minimum Gasteiger partial charge on any atom is -0.385 e. The Hall–Kier alpha value is -7.23. The van der Waals surface area contributed by atoms with E-state index >= 15 is 0 Å². The van der Waals surface area contributed by atoms with Crippen molar-refractivity contribution < 1.29 is 0 Å². The Morgan fingerprint density at radius 2 is 1.05 bits per heavy atom. The van der Waals surface area contributed by atoms with E-state index in [2.05, 4.69) is 192 Å². The lowest BCUT2D eigenvalue weighted by Crippen LogP contribution is -2.13. The van der Waals surface area contributed by atoms with Crippen LogP contribution in [0.25, 0.3) is 99.5 Å². The van der Waals surface area contributed by atoms with Gasteiger partial charge in [-0.25, -0.2) is 0 Å². The van der Waals surface area contributed by atoms with Crippen LogP contribution in [0.4, 0.5) is 0 Å². The zero-order valence-corrected chi connectivity index (χ0v) is 30.1. The molecule has 0 aliphatic carbocycles. The first-order chi connectivity index (χ1) is 27.3. The number of fused-ring (bicyclic) bond motifs is 6. The molecule has 8 aromatic carbocycles. The van der Waals surface area contributed by atoms with Crippen LogP contribution >= 0.6 is 0 Å². The molecule has 10 aromatic rings. The second-order valence-corrected chi connectivity index (χ2v) is 14.4. The summed E-state index contributed by atoms with van der Waals surface area (Å²) < 4.78 is 2.39. The predicted octanol–water partition coefficient (Wildman–Crippen LogP) is 13.2. The van der Waals surface area contributed by atoms with Crippen LogP contribution in [-0.4, -0.2) is 9.55 Å². The molecule has 55 heavy (non-hydrogen) atoms. The van der Waals surface area contributed by atoms with E-state index in [-0.39, 0.29) is 0 Å². The van der Waals surface area contributed by atoms with Crippen LogP contribution in [0.1, 0.15) is 11.3 Å². The number of nitrogens with zero attached hydrogens (tertiary/aromatic N) is 2. The molecule has 1 aliphatic heterocycles. The van der Waals surface area contributed by atoms with Gasteiger partial charge in [0.1, 0.15) is 0 Å². The molecule has 3 heterocycles. The van der Waals surface area contributed by atoms with Crippen LogP contribution in [0.3, 0.4) is 0 Å². The Labute approximate surface area is 319 Å². The van der Waals surface area contributed by atoms with Crippen molar-refractivity contribution in [2.24, 2.45) is 0 Å². The highest BCUT2D eigenvalue weighted by molar-refractivity contribution is 6.23. The van der Waals surface area contributed by atoms with E-state index in [0.717, 1.165) is 23.2 Å². The van der Waals surface area contributed by atoms with Gasteiger partial charge < -0.3 is 9.88 Å². The van der Waals surface area contributed by atoms with Crippen LogP contribution in [-0.2, 0) is 6.54 Å². The van der Waals surface area contributed by atoms with Crippen molar-refractivity contribution in [3.63, 3.8) is 0 Å². The standard InChI is InChI=1S/C52H35N3/c1-2-16-40(17-3-1)55-49-25-24-37(30-48(49)42-26-27-53-33-50(42)55)35-14-10-15-36(28-35)38-29-39(32-54-31-38)51-44-19-6-8-21-46(44)52(47-22-9-7-20-45(47)51)43-23-11-13-34-12-4-5-18-41(34)43/h1-32,53H,33H2. The lowest BCUT2D eigenvalue weighted by atomic mass is 9.84. The second kappa shape index (κ2) is 12.7. The van der Waals surface area contributed by atoms with Gasteiger partial charge in [-0.05, 0) is 114 Å². The first kappa shape index (κ1) is 31.3. The van der Waals surface area contributed by atoms with Gasteiger partial charge in [-0.15, -0.1) is 0 Å². The van der Waals surface area contributed by atoms with Crippen molar-refractivity contribution >= 4 is 49.3 Å². The number of rotatable bonds is 5. The van der Waals surface area contributed by atoms with E-state index < -0.39 is 0 Å². The van der Waals surface area contributed by atoms with Crippen molar-refractivity contribution in [2.75, 3.05) is 0 Å². The molecule has 3 heteroatoms. The van der Waals surface area contributed by atoms with Gasteiger partial charge in [0, 0.05) is 40.2 Å². The van der Waals surface area contributed by atoms with Crippen LogP contribution in [0.2, 0.25) is 0 Å². The molecule has 0 amide bonds. The quantitative estimate of drug-likeness (QED) is 0.181. The molecule has 0 bridgehead atoms. The summed E-state index contributed by atoms with van der Waals surface area (Å²) in [5, 5.41) is 12.1. The highest BCUT2D eigenvalue weighted by atomic mass is 15.0. The molecule has 0 saturated heterocycles. The van der Waals surface area contributed by atoms with Gasteiger partial charge >= 0.3 is 0 Å². The lowest BCUT2D eigenvalue weighted by Gasteiger charge is -2.19. The molecule has 3 nitrogen and oxygen atoms in total. The van der Waals surface area contributed by atoms with Crippen molar-refractivity contribution in [3.8, 4) is 50.2 Å². The molecule has 258 valence electrons. The van der Waals surface area contributed by atoms with E-state index in [1.807, 2.05) is 12.4 Å². The maximum Gasteiger partial charge on any atom is 0.0558 e. The van der Waals surface area contributed by atoms with Crippen molar-refractivity contribution in [1.29, 1.82) is 0 Å². The summed E-state index contributed by atoms with van der Waals surface area (Å²) in [4.78, 5) is 4.88. The fraction of sp³-hybridized carbons (Fsp3) is 0.0192. The Bertz CT molecular complexity index is 3090. The largest absolute Gasteiger partial charge is 0.385 e. The summed E-state index contributed by atoms with van der Waals surface area (Å²) in [6, 6.07) is 61.8. The van der Waals surface area contributed by atoms with Crippen LogP contribution in [0.5, 0.6) is 0 Å². The monoisotopic (exact) mass is 701 g/mol. The first-order valence-corrected chi connectivity index (χ1v) is 18.9. The van der Waals surface area contributed by atoms with E-state index in [4.69, 9.17) is 4.98 Å². The Morgan fingerprint density at radius 1 is 0.455 bits per heavy atom. The molecular weight excluding hydrogens is 667 g/mol. The molecular formula is C52H35N3. The summed E-state index contributed by atoms with van der Waals surface area (Å²) >= 11 is 0. The summed E-state index contributed by atoms with van der Waals surface area (Å²) in [5.41, 5.74) is 14.4. The average Bonchev–Trinajstić information content (AvgIpc) is 3.59. The third-order valence-electron chi connectivity index (χ3n) is 11.3. The Morgan fingerprint density at radius 3 is 1.84 bits per heavy atom. The third-order valence-corrected chi connectivity index (χ3v) is 11.3. The number of hydrogen-bond acceptors (Lipinski definition) is 2. The van der Waals surface area contributed by atoms with Crippen molar-refractivity contribution in [2.45, 2.75) is 6.54 Å². The molecule has 2 aromatic heterocycles. The number of benzene rings is 8. The zero-order chi connectivity index (χ0) is 36.3. The topological polar surface area (TPSA) is 29.9 Å². The first-order valence-electron chi connectivity index (χ1n) is 18.9. The molecule has 0 atom stereocenters. The molecule has 0 saturated carbocycles. The summed E-state index contributed by atoms with van der Waals surface area (Å²) in [5.74, 6) is 0. The molecule has 0 spiro atoms. The van der Waals surface area contributed by atoms with E-state index in [1.54, 1.807) is 0 Å². The molecule has 0 unspecified atom stereocenters. The van der Waals surface area contributed by atoms with Crippen molar-refractivity contribution in [3.05, 3.63) is 200 Å². The van der Waals surface area contributed by atoms with Gasteiger partial charge in [-0.3, -0.25) is 4.98 Å². The summed E-state index contributed by atoms with van der Waals surface area (Å²) in [7, 11) is 0. The average molecular weight is 702 g/mol. The normalized spacial score (nSPS) is 12.4. The lowest BCUT2D eigenvalue weighted by molar-refractivity contribution is 0.803. The second-order valence-electron chi connectivity index (χ2n) is 14.4. The molecule has 11 rings (SSSR count). The van der Waals surface area contributed by atoms with Gasteiger partial charge in [0.25, 0.3) is 0 Å². The van der Waals surface area contributed by atoms with Crippen molar-refractivity contribution in [1.82, 2.24) is 14.9 Å². The van der Waals surface area contributed by atoms with Gasteiger partial charge in [-0.1, -0.05) is 133 Å².